The molecule has 0 atom stereocenters. The molecule has 0 fully saturated rings. The average Bonchev–Trinajstić information content (AvgIpc) is 2.41. The van der Waals surface area contributed by atoms with Crippen LogP contribution in [-0.4, -0.2) is 64.8 Å². The Morgan fingerprint density at radius 1 is 1.20 bits per heavy atom. The maximum atomic E-state index is 10.8. The van der Waals surface area contributed by atoms with Crippen molar-refractivity contribution in [1.29, 1.82) is 0 Å². The van der Waals surface area contributed by atoms with Crippen LogP contribution in [0.25, 0.3) is 0 Å². The van der Waals surface area contributed by atoms with Crippen LogP contribution >= 0.6 is 0 Å². The number of pyridine rings is 1. The van der Waals surface area contributed by atoms with Gasteiger partial charge in [0.15, 0.2) is 0 Å². The van der Waals surface area contributed by atoms with E-state index in [1.54, 1.807) is 11.1 Å². The number of aromatic nitrogens is 1. The van der Waals surface area contributed by atoms with Gasteiger partial charge in [-0.25, -0.2) is 0 Å². The molecule has 0 saturated carbocycles. The molecule has 3 N–H and O–H groups in total. The van der Waals surface area contributed by atoms with Crippen molar-refractivity contribution in [3.05, 3.63) is 30.1 Å². The second-order valence-corrected chi connectivity index (χ2v) is 4.31. The first-order valence-electron chi connectivity index (χ1n) is 6.34. The lowest BCUT2D eigenvalue weighted by Gasteiger charge is -2.20. The third-order valence-corrected chi connectivity index (χ3v) is 2.65. The van der Waals surface area contributed by atoms with E-state index in [0.29, 0.717) is 26.1 Å². The normalized spacial score (nSPS) is 10.7. The van der Waals surface area contributed by atoms with Crippen LogP contribution < -0.4 is 5.32 Å². The lowest BCUT2D eigenvalue weighted by Crippen LogP contribution is -2.38. The molecule has 0 aliphatic rings. The highest BCUT2D eigenvalue weighted by atomic mass is 16.4. The van der Waals surface area contributed by atoms with Crippen molar-refractivity contribution in [3.63, 3.8) is 0 Å². The first kappa shape index (κ1) is 16.1. The Kier molecular flexibility index (Phi) is 7.23. The predicted molar refractivity (Wildman–Crippen MR) is 72.5 cm³/mol. The number of hydrogen-bond donors (Lipinski definition) is 3. The molecular weight excluding hydrogens is 262 g/mol. The number of hydrogen-bond acceptors (Lipinski definition) is 5. The lowest BCUT2D eigenvalue weighted by molar-refractivity contribution is -0.139. The van der Waals surface area contributed by atoms with Gasteiger partial charge in [0.25, 0.3) is 0 Å². The maximum Gasteiger partial charge on any atom is 0.317 e. The van der Waals surface area contributed by atoms with Gasteiger partial charge in [0.1, 0.15) is 0 Å². The Bertz CT molecular complexity index is 425. The molecule has 0 aliphatic carbocycles. The molecule has 20 heavy (non-hydrogen) atoms. The Hall–Kier alpha value is -1.99. The van der Waals surface area contributed by atoms with Crippen LogP contribution in [0.3, 0.4) is 0 Å². The summed E-state index contributed by atoms with van der Waals surface area (Å²) in [4.78, 5) is 27.1. The second-order valence-electron chi connectivity index (χ2n) is 4.31. The molecule has 1 aromatic rings. The maximum absolute atomic E-state index is 10.8. The summed E-state index contributed by atoms with van der Waals surface area (Å²) >= 11 is 0. The van der Waals surface area contributed by atoms with E-state index >= 15 is 0 Å². The zero-order valence-corrected chi connectivity index (χ0v) is 11.2. The Labute approximate surface area is 117 Å². The summed E-state index contributed by atoms with van der Waals surface area (Å²) in [5.74, 6) is -1.83. The van der Waals surface area contributed by atoms with Crippen molar-refractivity contribution in [3.8, 4) is 0 Å². The van der Waals surface area contributed by atoms with E-state index < -0.39 is 11.9 Å². The third kappa shape index (κ3) is 7.45. The molecule has 110 valence electrons. The van der Waals surface area contributed by atoms with E-state index in [9.17, 15) is 9.59 Å². The number of carboxylic acids is 2. The van der Waals surface area contributed by atoms with Gasteiger partial charge in [0, 0.05) is 37.9 Å². The molecule has 0 bridgehead atoms. The topological polar surface area (TPSA) is 103 Å². The summed E-state index contributed by atoms with van der Waals surface area (Å²) < 4.78 is 0. The van der Waals surface area contributed by atoms with Gasteiger partial charge in [0.05, 0.1) is 13.1 Å². The first-order valence-corrected chi connectivity index (χ1v) is 6.34. The highest BCUT2D eigenvalue weighted by Crippen LogP contribution is 1.97. The molecule has 0 unspecified atom stereocenters. The third-order valence-electron chi connectivity index (χ3n) is 2.65. The summed E-state index contributed by atoms with van der Waals surface area (Å²) in [5.41, 5.74) is 0.904. The minimum absolute atomic E-state index is 0.0679. The second kappa shape index (κ2) is 9.00. The van der Waals surface area contributed by atoms with Gasteiger partial charge in [-0.15, -0.1) is 0 Å². The molecule has 0 amide bonds. The van der Waals surface area contributed by atoms with E-state index in [-0.39, 0.29) is 13.1 Å². The van der Waals surface area contributed by atoms with E-state index in [1.807, 2.05) is 18.2 Å². The van der Waals surface area contributed by atoms with E-state index in [1.165, 1.54) is 0 Å². The molecule has 1 heterocycles. The number of nitrogens with zero attached hydrogens (tertiary/aromatic N) is 2. The summed E-state index contributed by atoms with van der Waals surface area (Å²) in [5, 5.41) is 20.1. The molecule has 0 radical (unpaired) electrons. The highest BCUT2D eigenvalue weighted by Gasteiger charge is 2.10. The van der Waals surface area contributed by atoms with Crippen LogP contribution in [-0.2, 0) is 16.0 Å². The number of nitrogens with one attached hydrogen (secondary N) is 1. The lowest BCUT2D eigenvalue weighted by atomic mass is 10.2. The standard InChI is InChI=1S/C13H19N3O4/c17-12(18)9-14-6-8-16(10-13(19)20)7-4-11-3-1-2-5-15-11/h1-3,5,14H,4,6-10H2,(H,17,18)(H,19,20). The number of aliphatic carboxylic acids is 2. The minimum atomic E-state index is -0.928. The molecule has 7 heteroatoms. The van der Waals surface area contributed by atoms with E-state index in [0.717, 1.165) is 5.69 Å². The van der Waals surface area contributed by atoms with Crippen LogP contribution in [0.1, 0.15) is 5.69 Å². The van der Waals surface area contributed by atoms with Crippen LogP contribution in [0.4, 0.5) is 0 Å². The summed E-state index contributed by atoms with van der Waals surface area (Å²) in [6.07, 6.45) is 2.36. The molecule has 7 nitrogen and oxygen atoms in total. The van der Waals surface area contributed by atoms with Gasteiger partial charge < -0.3 is 15.5 Å². The van der Waals surface area contributed by atoms with Crippen molar-refractivity contribution in [2.24, 2.45) is 0 Å². The number of carbonyl (C=O) groups is 2. The molecule has 1 rings (SSSR count). The quantitative estimate of drug-likeness (QED) is 0.505. The van der Waals surface area contributed by atoms with Gasteiger partial charge in [-0.05, 0) is 12.1 Å². The summed E-state index contributed by atoms with van der Waals surface area (Å²) in [7, 11) is 0. The van der Waals surface area contributed by atoms with Crippen molar-refractivity contribution in [2.75, 3.05) is 32.7 Å². The largest absolute Gasteiger partial charge is 0.480 e. The van der Waals surface area contributed by atoms with Gasteiger partial charge in [-0.3, -0.25) is 19.5 Å². The van der Waals surface area contributed by atoms with Crippen LogP contribution in [0, 0.1) is 0 Å². The SMILES string of the molecule is O=C(O)CNCCN(CCc1ccccn1)CC(=O)O. The smallest absolute Gasteiger partial charge is 0.317 e. The van der Waals surface area contributed by atoms with Gasteiger partial charge in [0.2, 0.25) is 0 Å². The van der Waals surface area contributed by atoms with Crippen molar-refractivity contribution in [2.45, 2.75) is 6.42 Å². The Balaban J connectivity index is 2.35. The van der Waals surface area contributed by atoms with E-state index in [2.05, 4.69) is 10.3 Å². The summed E-state index contributed by atoms with van der Waals surface area (Å²) in [6, 6.07) is 5.61. The van der Waals surface area contributed by atoms with Crippen molar-refractivity contribution in [1.82, 2.24) is 15.2 Å². The Morgan fingerprint density at radius 2 is 2.00 bits per heavy atom. The number of carboxylic acid groups (broad SMARTS) is 2. The molecule has 0 aromatic carbocycles. The fourth-order valence-electron chi connectivity index (χ4n) is 1.71. The van der Waals surface area contributed by atoms with Gasteiger partial charge >= 0.3 is 11.9 Å². The highest BCUT2D eigenvalue weighted by molar-refractivity contribution is 5.69. The van der Waals surface area contributed by atoms with Gasteiger partial charge in [-0.1, -0.05) is 6.07 Å². The van der Waals surface area contributed by atoms with Crippen LogP contribution in [0.2, 0.25) is 0 Å². The molecule has 0 aliphatic heterocycles. The zero-order valence-electron chi connectivity index (χ0n) is 11.2. The fraction of sp³-hybridized carbons (Fsp3) is 0.462. The summed E-state index contributed by atoms with van der Waals surface area (Å²) in [6.45, 7) is 1.29. The predicted octanol–water partition coefficient (Wildman–Crippen LogP) is -0.315. The average molecular weight is 281 g/mol. The van der Waals surface area contributed by atoms with Crippen LogP contribution in [0.15, 0.2) is 24.4 Å². The fourth-order valence-corrected chi connectivity index (χ4v) is 1.71. The molecular formula is C13H19N3O4. The molecule has 0 spiro atoms. The molecule has 0 saturated heterocycles. The van der Waals surface area contributed by atoms with E-state index in [4.69, 9.17) is 10.2 Å². The first-order chi connectivity index (χ1) is 9.58. The monoisotopic (exact) mass is 281 g/mol. The van der Waals surface area contributed by atoms with Crippen molar-refractivity contribution < 1.29 is 19.8 Å². The van der Waals surface area contributed by atoms with Crippen LogP contribution in [0.5, 0.6) is 0 Å². The van der Waals surface area contributed by atoms with Gasteiger partial charge in [-0.2, -0.15) is 0 Å². The van der Waals surface area contributed by atoms with Crippen molar-refractivity contribution >= 4 is 11.9 Å². The minimum Gasteiger partial charge on any atom is -0.480 e. The molecule has 1 aromatic heterocycles. The zero-order chi connectivity index (χ0) is 14.8. The number of rotatable bonds is 10. The Morgan fingerprint density at radius 3 is 2.60 bits per heavy atom.